The second-order valence-corrected chi connectivity index (χ2v) is 4.22. The van der Waals surface area contributed by atoms with Gasteiger partial charge in [-0.15, -0.1) is 0 Å². The van der Waals surface area contributed by atoms with Crippen molar-refractivity contribution in [2.75, 3.05) is 0 Å². The SMILES string of the molecule is Cc1nc2ncn(-c3ccccc3C)c2c(=O)[nH]1. The predicted molar refractivity (Wildman–Crippen MR) is 69.0 cm³/mol. The molecule has 1 aromatic carbocycles. The molecule has 0 fully saturated rings. The van der Waals surface area contributed by atoms with Crippen LogP contribution in [-0.2, 0) is 0 Å². The van der Waals surface area contributed by atoms with Gasteiger partial charge in [0.1, 0.15) is 12.2 Å². The molecule has 0 amide bonds. The Morgan fingerprint density at radius 1 is 1.22 bits per heavy atom. The van der Waals surface area contributed by atoms with Crippen LogP contribution in [0.5, 0.6) is 0 Å². The van der Waals surface area contributed by atoms with Gasteiger partial charge < -0.3 is 4.98 Å². The van der Waals surface area contributed by atoms with Gasteiger partial charge >= 0.3 is 0 Å². The van der Waals surface area contributed by atoms with Gasteiger partial charge in [0.15, 0.2) is 11.2 Å². The van der Waals surface area contributed by atoms with E-state index in [0.717, 1.165) is 11.3 Å². The van der Waals surface area contributed by atoms with E-state index in [2.05, 4.69) is 15.0 Å². The lowest BCUT2D eigenvalue weighted by Crippen LogP contribution is -2.13. The van der Waals surface area contributed by atoms with Crippen molar-refractivity contribution in [3.8, 4) is 5.69 Å². The first kappa shape index (κ1) is 10.7. The number of rotatable bonds is 1. The quantitative estimate of drug-likeness (QED) is 0.704. The highest BCUT2D eigenvalue weighted by molar-refractivity contribution is 5.72. The third-order valence-corrected chi connectivity index (χ3v) is 2.91. The van der Waals surface area contributed by atoms with E-state index in [9.17, 15) is 4.79 Å². The first-order valence-electron chi connectivity index (χ1n) is 5.67. The summed E-state index contributed by atoms with van der Waals surface area (Å²) in [5.74, 6) is 0.572. The molecule has 0 spiro atoms. The van der Waals surface area contributed by atoms with Crippen LogP contribution in [0.25, 0.3) is 16.9 Å². The van der Waals surface area contributed by atoms with Gasteiger partial charge in [-0.2, -0.15) is 0 Å². The van der Waals surface area contributed by atoms with Crippen LogP contribution >= 0.6 is 0 Å². The summed E-state index contributed by atoms with van der Waals surface area (Å²) in [6.07, 6.45) is 1.63. The molecule has 0 aliphatic carbocycles. The average Bonchev–Trinajstić information content (AvgIpc) is 2.73. The summed E-state index contributed by atoms with van der Waals surface area (Å²) in [6, 6.07) is 7.85. The minimum atomic E-state index is -0.168. The van der Waals surface area contributed by atoms with Crippen molar-refractivity contribution < 1.29 is 0 Å². The van der Waals surface area contributed by atoms with E-state index in [-0.39, 0.29) is 5.56 Å². The molecule has 2 heterocycles. The molecule has 5 nitrogen and oxygen atoms in total. The van der Waals surface area contributed by atoms with E-state index in [0.29, 0.717) is 17.0 Å². The highest BCUT2D eigenvalue weighted by Crippen LogP contribution is 2.17. The summed E-state index contributed by atoms with van der Waals surface area (Å²) in [6.45, 7) is 3.74. The fourth-order valence-corrected chi connectivity index (χ4v) is 2.06. The van der Waals surface area contributed by atoms with Crippen LogP contribution in [0.3, 0.4) is 0 Å². The van der Waals surface area contributed by atoms with Gasteiger partial charge in [-0.05, 0) is 25.5 Å². The topological polar surface area (TPSA) is 63.6 Å². The Balaban J connectivity index is 2.39. The molecule has 0 aliphatic rings. The molecule has 5 heteroatoms. The van der Waals surface area contributed by atoms with Crippen molar-refractivity contribution >= 4 is 11.2 Å². The Morgan fingerprint density at radius 2 is 2.00 bits per heavy atom. The van der Waals surface area contributed by atoms with Crippen LogP contribution in [0.4, 0.5) is 0 Å². The highest BCUT2D eigenvalue weighted by Gasteiger charge is 2.11. The smallest absolute Gasteiger partial charge is 0.277 e. The maximum Gasteiger partial charge on any atom is 0.277 e. The second kappa shape index (κ2) is 3.80. The number of hydrogen-bond acceptors (Lipinski definition) is 3. The number of hydrogen-bond donors (Lipinski definition) is 1. The van der Waals surface area contributed by atoms with Gasteiger partial charge in [-0.1, -0.05) is 18.2 Å². The van der Waals surface area contributed by atoms with Crippen LogP contribution in [0.2, 0.25) is 0 Å². The van der Waals surface area contributed by atoms with Crippen molar-refractivity contribution in [3.05, 3.63) is 52.3 Å². The molecule has 0 unspecified atom stereocenters. The molecular weight excluding hydrogens is 228 g/mol. The average molecular weight is 240 g/mol. The number of aryl methyl sites for hydroxylation is 2. The number of benzene rings is 1. The van der Waals surface area contributed by atoms with Crippen molar-refractivity contribution in [1.82, 2.24) is 19.5 Å². The molecule has 3 aromatic rings. The molecule has 0 aliphatic heterocycles. The van der Waals surface area contributed by atoms with Gasteiger partial charge in [-0.3, -0.25) is 9.36 Å². The highest BCUT2D eigenvalue weighted by atomic mass is 16.1. The molecule has 0 atom stereocenters. The van der Waals surface area contributed by atoms with E-state index in [1.807, 2.05) is 31.2 Å². The largest absolute Gasteiger partial charge is 0.309 e. The summed E-state index contributed by atoms with van der Waals surface area (Å²) in [4.78, 5) is 23.1. The standard InChI is InChI=1S/C13H12N4O/c1-8-5-3-4-6-10(8)17-7-14-12-11(17)13(18)16-9(2)15-12/h3-7H,1-2H3,(H,15,16,18). The Bertz CT molecular complexity index is 785. The summed E-state index contributed by atoms with van der Waals surface area (Å²) >= 11 is 0. The molecule has 0 bridgehead atoms. The van der Waals surface area contributed by atoms with Crippen LogP contribution in [0, 0.1) is 13.8 Å². The molecule has 0 radical (unpaired) electrons. The number of nitrogens with one attached hydrogen (secondary N) is 1. The van der Waals surface area contributed by atoms with Crippen molar-refractivity contribution in [2.45, 2.75) is 13.8 Å². The third kappa shape index (κ3) is 1.52. The summed E-state index contributed by atoms with van der Waals surface area (Å²) in [7, 11) is 0. The maximum absolute atomic E-state index is 12.0. The molecule has 0 saturated carbocycles. The number of aromatic amines is 1. The van der Waals surface area contributed by atoms with E-state index < -0.39 is 0 Å². The molecule has 0 saturated heterocycles. The summed E-state index contributed by atoms with van der Waals surface area (Å²) in [5, 5.41) is 0. The van der Waals surface area contributed by atoms with Crippen LogP contribution < -0.4 is 5.56 Å². The van der Waals surface area contributed by atoms with E-state index >= 15 is 0 Å². The maximum atomic E-state index is 12.0. The lowest BCUT2D eigenvalue weighted by molar-refractivity contribution is 1.03. The molecule has 18 heavy (non-hydrogen) atoms. The van der Waals surface area contributed by atoms with E-state index in [1.54, 1.807) is 17.8 Å². The zero-order valence-electron chi connectivity index (χ0n) is 10.1. The number of imidazole rings is 1. The molecule has 1 N–H and O–H groups in total. The third-order valence-electron chi connectivity index (χ3n) is 2.91. The fourth-order valence-electron chi connectivity index (χ4n) is 2.06. The summed E-state index contributed by atoms with van der Waals surface area (Å²) < 4.78 is 1.77. The molecule has 3 rings (SSSR count). The number of H-pyrrole nitrogens is 1. The predicted octanol–water partition coefficient (Wildman–Crippen LogP) is 1.73. The van der Waals surface area contributed by atoms with Gasteiger partial charge in [0.2, 0.25) is 0 Å². The minimum Gasteiger partial charge on any atom is -0.309 e. The second-order valence-electron chi connectivity index (χ2n) is 4.22. The van der Waals surface area contributed by atoms with E-state index in [1.165, 1.54) is 0 Å². The van der Waals surface area contributed by atoms with E-state index in [4.69, 9.17) is 0 Å². The monoisotopic (exact) mass is 240 g/mol. The number of fused-ring (bicyclic) bond motifs is 1. The van der Waals surface area contributed by atoms with Crippen molar-refractivity contribution in [3.63, 3.8) is 0 Å². The lowest BCUT2D eigenvalue weighted by Gasteiger charge is -2.06. The number of nitrogens with zero attached hydrogens (tertiary/aromatic N) is 3. The van der Waals surface area contributed by atoms with Crippen LogP contribution in [-0.4, -0.2) is 19.5 Å². The number of para-hydroxylation sites is 1. The fraction of sp³-hybridized carbons (Fsp3) is 0.154. The molecule has 90 valence electrons. The van der Waals surface area contributed by atoms with Gasteiger partial charge in [0.05, 0.1) is 5.69 Å². The van der Waals surface area contributed by atoms with Crippen LogP contribution in [0.1, 0.15) is 11.4 Å². The first-order chi connectivity index (χ1) is 8.66. The zero-order chi connectivity index (χ0) is 12.7. The lowest BCUT2D eigenvalue weighted by atomic mass is 10.2. The van der Waals surface area contributed by atoms with Crippen molar-refractivity contribution in [2.24, 2.45) is 0 Å². The van der Waals surface area contributed by atoms with Gasteiger partial charge in [-0.25, -0.2) is 9.97 Å². The number of aromatic nitrogens is 4. The Morgan fingerprint density at radius 3 is 2.78 bits per heavy atom. The Hall–Kier alpha value is -2.43. The van der Waals surface area contributed by atoms with Crippen LogP contribution in [0.15, 0.2) is 35.4 Å². The molecular formula is C13H12N4O. The van der Waals surface area contributed by atoms with Gasteiger partial charge in [0.25, 0.3) is 5.56 Å². The minimum absolute atomic E-state index is 0.168. The Labute approximate surface area is 103 Å². The molecule has 2 aromatic heterocycles. The van der Waals surface area contributed by atoms with Crippen molar-refractivity contribution in [1.29, 1.82) is 0 Å². The first-order valence-corrected chi connectivity index (χ1v) is 5.67. The zero-order valence-corrected chi connectivity index (χ0v) is 10.1. The normalized spacial score (nSPS) is 11.0. The summed E-state index contributed by atoms with van der Waals surface area (Å²) in [5.41, 5.74) is 2.81. The van der Waals surface area contributed by atoms with Gasteiger partial charge in [0, 0.05) is 0 Å². The Kier molecular flexibility index (Phi) is 2.26.